The van der Waals surface area contributed by atoms with Gasteiger partial charge in [-0.15, -0.1) is 12.4 Å². The smallest absolute Gasteiger partial charge is 0.255 e. The molecule has 2 aromatic carbocycles. The summed E-state index contributed by atoms with van der Waals surface area (Å²) in [6, 6.07) is 6.31. The van der Waals surface area contributed by atoms with Gasteiger partial charge in [0, 0.05) is 17.7 Å². The highest BCUT2D eigenvalue weighted by atomic mass is 35.5. The lowest BCUT2D eigenvalue weighted by molar-refractivity contribution is 0.102. The Morgan fingerprint density at radius 1 is 1.26 bits per heavy atom. The van der Waals surface area contributed by atoms with Gasteiger partial charge >= 0.3 is 0 Å². The summed E-state index contributed by atoms with van der Waals surface area (Å²) in [7, 11) is 1.49. The zero-order chi connectivity index (χ0) is 18.7. The molecule has 0 saturated carbocycles. The highest BCUT2D eigenvalue weighted by molar-refractivity contribution is 6.32. The molecule has 7 nitrogen and oxygen atoms in total. The van der Waals surface area contributed by atoms with E-state index in [-0.39, 0.29) is 19.2 Å². The molecule has 0 spiro atoms. The molecule has 1 aliphatic rings. The number of halogens is 2. The first-order chi connectivity index (χ1) is 12.5. The van der Waals surface area contributed by atoms with Crippen molar-refractivity contribution in [1.82, 2.24) is 0 Å². The van der Waals surface area contributed by atoms with E-state index in [4.69, 9.17) is 36.3 Å². The van der Waals surface area contributed by atoms with E-state index in [2.05, 4.69) is 5.32 Å². The number of nitrogens with one attached hydrogen (secondary N) is 1. The standard InChI is InChI=1S/C18H19ClN2O5.ClH/c1-3-4-24-17-11(19)5-10(6-16(17)23-2)18(22)21-13-8-15-14(7-12(13)20)25-9-26-15;/h5-8H,3-4,9,20H2,1-2H3,(H,21,22);1H. The minimum Gasteiger partial charge on any atom is -0.493 e. The number of rotatable bonds is 6. The maximum Gasteiger partial charge on any atom is 0.255 e. The lowest BCUT2D eigenvalue weighted by atomic mass is 10.1. The van der Waals surface area contributed by atoms with E-state index in [0.717, 1.165) is 6.42 Å². The predicted molar refractivity (Wildman–Crippen MR) is 106 cm³/mol. The number of hydrogen-bond donors (Lipinski definition) is 2. The Bertz CT molecular complexity index is 845. The molecular formula is C18H20Cl2N2O5. The molecule has 0 aromatic heterocycles. The van der Waals surface area contributed by atoms with Crippen molar-refractivity contribution in [2.45, 2.75) is 13.3 Å². The number of hydrogen-bond acceptors (Lipinski definition) is 6. The van der Waals surface area contributed by atoms with Crippen molar-refractivity contribution in [2.24, 2.45) is 0 Å². The minimum absolute atomic E-state index is 0. The summed E-state index contributed by atoms with van der Waals surface area (Å²) < 4.78 is 21.4. The van der Waals surface area contributed by atoms with Crippen molar-refractivity contribution in [3.8, 4) is 23.0 Å². The second-order valence-electron chi connectivity index (χ2n) is 5.58. The summed E-state index contributed by atoms with van der Waals surface area (Å²) in [6.07, 6.45) is 0.825. The van der Waals surface area contributed by atoms with Gasteiger partial charge in [-0.1, -0.05) is 18.5 Å². The minimum atomic E-state index is -0.391. The molecule has 1 heterocycles. The Morgan fingerprint density at radius 2 is 1.96 bits per heavy atom. The molecule has 9 heteroatoms. The van der Waals surface area contributed by atoms with E-state index in [0.29, 0.717) is 51.6 Å². The predicted octanol–water partition coefficient (Wildman–Crippen LogP) is 4.12. The van der Waals surface area contributed by atoms with E-state index in [1.807, 2.05) is 6.92 Å². The Kier molecular flexibility index (Phi) is 6.87. The molecule has 0 saturated heterocycles. The van der Waals surface area contributed by atoms with E-state index < -0.39 is 5.91 Å². The average molecular weight is 415 g/mol. The third-order valence-corrected chi connectivity index (χ3v) is 4.02. The van der Waals surface area contributed by atoms with Crippen LogP contribution in [0.3, 0.4) is 0 Å². The van der Waals surface area contributed by atoms with Gasteiger partial charge in [-0.05, 0) is 18.6 Å². The molecule has 0 bridgehead atoms. The van der Waals surface area contributed by atoms with Crippen LogP contribution in [0.4, 0.5) is 11.4 Å². The van der Waals surface area contributed by atoms with Gasteiger partial charge in [-0.3, -0.25) is 4.79 Å². The molecule has 1 amide bonds. The topological polar surface area (TPSA) is 92.0 Å². The summed E-state index contributed by atoms with van der Waals surface area (Å²) >= 11 is 6.26. The van der Waals surface area contributed by atoms with Crippen molar-refractivity contribution in [3.05, 3.63) is 34.9 Å². The maximum atomic E-state index is 12.6. The Hall–Kier alpha value is -2.51. The van der Waals surface area contributed by atoms with E-state index in [1.165, 1.54) is 13.2 Å². The normalized spacial score (nSPS) is 11.5. The third-order valence-electron chi connectivity index (χ3n) is 3.74. The van der Waals surface area contributed by atoms with Crippen LogP contribution in [0.15, 0.2) is 24.3 Å². The highest BCUT2D eigenvalue weighted by Gasteiger charge is 2.20. The van der Waals surface area contributed by atoms with Gasteiger partial charge < -0.3 is 30.0 Å². The van der Waals surface area contributed by atoms with E-state index >= 15 is 0 Å². The second kappa shape index (κ2) is 8.92. The zero-order valence-electron chi connectivity index (χ0n) is 14.8. The Balaban J connectivity index is 0.00000261. The van der Waals surface area contributed by atoms with Gasteiger partial charge in [0.25, 0.3) is 5.91 Å². The summed E-state index contributed by atoms with van der Waals surface area (Å²) in [4.78, 5) is 12.6. The number of fused-ring (bicyclic) bond motifs is 1. The van der Waals surface area contributed by atoms with Crippen LogP contribution in [-0.4, -0.2) is 26.4 Å². The summed E-state index contributed by atoms with van der Waals surface area (Å²) in [5.41, 5.74) is 7.06. The molecule has 1 aliphatic heterocycles. The van der Waals surface area contributed by atoms with Crippen LogP contribution >= 0.6 is 24.0 Å². The fourth-order valence-corrected chi connectivity index (χ4v) is 2.72. The number of ether oxygens (including phenoxy) is 4. The molecule has 0 aliphatic carbocycles. The number of nitrogens with two attached hydrogens (primary N) is 1. The van der Waals surface area contributed by atoms with Crippen LogP contribution in [0.25, 0.3) is 0 Å². The first-order valence-corrected chi connectivity index (χ1v) is 8.42. The third kappa shape index (κ3) is 4.43. The molecule has 0 radical (unpaired) electrons. The van der Waals surface area contributed by atoms with Crippen LogP contribution in [-0.2, 0) is 0 Å². The quantitative estimate of drug-likeness (QED) is 0.690. The van der Waals surface area contributed by atoms with Crippen LogP contribution in [0, 0.1) is 0 Å². The fourth-order valence-electron chi connectivity index (χ4n) is 2.46. The summed E-state index contributed by atoms with van der Waals surface area (Å²) in [5.74, 6) is 1.47. The number of carbonyl (C=O) groups excluding carboxylic acids is 1. The second-order valence-corrected chi connectivity index (χ2v) is 5.99. The first kappa shape index (κ1) is 20.8. The van der Waals surface area contributed by atoms with Gasteiger partial charge in [0.05, 0.1) is 30.1 Å². The van der Waals surface area contributed by atoms with Gasteiger partial charge in [-0.2, -0.15) is 0 Å². The van der Waals surface area contributed by atoms with Gasteiger partial charge in [-0.25, -0.2) is 0 Å². The molecule has 2 aromatic rings. The van der Waals surface area contributed by atoms with Crippen molar-refractivity contribution < 1.29 is 23.7 Å². The Morgan fingerprint density at radius 3 is 2.63 bits per heavy atom. The molecule has 0 atom stereocenters. The fraction of sp³-hybridized carbons (Fsp3) is 0.278. The van der Waals surface area contributed by atoms with E-state index in [9.17, 15) is 4.79 Å². The van der Waals surface area contributed by atoms with Crippen LogP contribution in [0.5, 0.6) is 23.0 Å². The molecule has 146 valence electrons. The van der Waals surface area contributed by atoms with E-state index in [1.54, 1.807) is 18.2 Å². The number of methoxy groups -OCH3 is 1. The number of nitrogen functional groups attached to an aromatic ring is 1. The van der Waals surface area contributed by atoms with Gasteiger partial charge in [0.2, 0.25) is 6.79 Å². The first-order valence-electron chi connectivity index (χ1n) is 8.04. The van der Waals surface area contributed by atoms with Crippen LogP contribution in [0.1, 0.15) is 23.7 Å². The molecule has 0 fully saturated rings. The zero-order valence-corrected chi connectivity index (χ0v) is 16.4. The number of carbonyl (C=O) groups is 1. The van der Waals surface area contributed by atoms with Crippen LogP contribution < -0.4 is 30.0 Å². The SMILES string of the molecule is CCCOc1c(Cl)cc(C(=O)Nc2cc3c(cc2N)OCO3)cc1OC.Cl. The van der Waals surface area contributed by atoms with Crippen LogP contribution in [0.2, 0.25) is 5.02 Å². The lowest BCUT2D eigenvalue weighted by Gasteiger charge is -2.14. The largest absolute Gasteiger partial charge is 0.493 e. The van der Waals surface area contributed by atoms with Crippen molar-refractivity contribution in [1.29, 1.82) is 0 Å². The molecule has 3 rings (SSSR count). The molecule has 27 heavy (non-hydrogen) atoms. The molecule has 0 unspecified atom stereocenters. The number of benzene rings is 2. The summed E-state index contributed by atoms with van der Waals surface area (Å²) in [6.45, 7) is 2.60. The highest BCUT2D eigenvalue weighted by Crippen LogP contribution is 2.39. The van der Waals surface area contributed by atoms with Crippen molar-refractivity contribution in [2.75, 3.05) is 31.6 Å². The number of amides is 1. The van der Waals surface area contributed by atoms with Crippen molar-refractivity contribution >= 4 is 41.3 Å². The van der Waals surface area contributed by atoms with Crippen molar-refractivity contribution in [3.63, 3.8) is 0 Å². The Labute approximate surface area is 168 Å². The summed E-state index contributed by atoms with van der Waals surface area (Å²) in [5, 5.41) is 3.04. The average Bonchev–Trinajstić information content (AvgIpc) is 3.07. The monoisotopic (exact) mass is 414 g/mol. The number of anilines is 2. The maximum absolute atomic E-state index is 12.6. The lowest BCUT2D eigenvalue weighted by Crippen LogP contribution is -2.14. The molecule has 3 N–H and O–H groups in total. The van der Waals surface area contributed by atoms with Gasteiger partial charge in [0.1, 0.15) is 0 Å². The molecular weight excluding hydrogens is 395 g/mol. The van der Waals surface area contributed by atoms with Gasteiger partial charge in [0.15, 0.2) is 23.0 Å².